The normalized spacial score (nSPS) is 16.6. The molecule has 1 aliphatic rings. The predicted molar refractivity (Wildman–Crippen MR) is 128 cm³/mol. The number of aliphatic carboxylic acids is 1. The van der Waals surface area contributed by atoms with E-state index in [0.29, 0.717) is 22.6 Å². The van der Waals surface area contributed by atoms with E-state index < -0.39 is 18.0 Å². The summed E-state index contributed by atoms with van der Waals surface area (Å²) in [5, 5.41) is 28.5. The van der Waals surface area contributed by atoms with Crippen LogP contribution in [-0.2, 0) is 9.59 Å². The van der Waals surface area contributed by atoms with E-state index in [9.17, 15) is 29.7 Å². The van der Waals surface area contributed by atoms with Crippen LogP contribution in [0.5, 0.6) is 11.5 Å². The number of phenolic OH excluding ortho intramolecular Hbond substituents is 1. The maximum absolute atomic E-state index is 13.0. The number of hydrogen-bond donors (Lipinski definition) is 3. The van der Waals surface area contributed by atoms with Gasteiger partial charge in [-0.2, -0.15) is 0 Å². The number of aromatic hydroxyl groups is 1. The summed E-state index contributed by atoms with van der Waals surface area (Å²) >= 11 is 1.06. The SMILES string of the molecule is C=CCN1C(=O)/C(=C/c2cccc(OC(CC)C(=O)O)c2)SC1=Nc1ccc(O)cc1C(=O)O. The second-order valence-corrected chi connectivity index (χ2v) is 8.15. The Morgan fingerprint density at radius 1 is 1.24 bits per heavy atom. The first-order chi connectivity index (χ1) is 16.2. The molecule has 0 radical (unpaired) electrons. The zero-order valence-corrected chi connectivity index (χ0v) is 19.0. The summed E-state index contributed by atoms with van der Waals surface area (Å²) < 4.78 is 5.52. The van der Waals surface area contributed by atoms with Crippen LogP contribution in [0.4, 0.5) is 5.69 Å². The molecule has 10 heteroatoms. The molecule has 3 N–H and O–H groups in total. The van der Waals surface area contributed by atoms with Crippen molar-refractivity contribution in [1.29, 1.82) is 0 Å². The third-order valence-corrected chi connectivity index (χ3v) is 5.71. The van der Waals surface area contributed by atoms with Crippen LogP contribution in [0.25, 0.3) is 6.08 Å². The molecule has 1 heterocycles. The molecule has 2 aromatic carbocycles. The lowest BCUT2D eigenvalue weighted by Gasteiger charge is -2.13. The lowest BCUT2D eigenvalue weighted by Crippen LogP contribution is -2.29. The number of thioether (sulfide) groups is 1. The van der Waals surface area contributed by atoms with Crippen molar-refractivity contribution in [2.75, 3.05) is 6.54 Å². The van der Waals surface area contributed by atoms with Gasteiger partial charge in [0.2, 0.25) is 0 Å². The Kier molecular flexibility index (Phi) is 7.75. The van der Waals surface area contributed by atoms with Crippen molar-refractivity contribution in [2.45, 2.75) is 19.4 Å². The fourth-order valence-electron chi connectivity index (χ4n) is 3.08. The lowest BCUT2D eigenvalue weighted by molar-refractivity contribution is -0.145. The highest BCUT2D eigenvalue weighted by molar-refractivity contribution is 8.18. The number of hydrogen-bond acceptors (Lipinski definition) is 7. The molecule has 1 amide bonds. The van der Waals surface area contributed by atoms with E-state index in [4.69, 9.17) is 4.74 Å². The monoisotopic (exact) mass is 482 g/mol. The Morgan fingerprint density at radius 2 is 2.00 bits per heavy atom. The third kappa shape index (κ3) is 5.65. The topological polar surface area (TPSA) is 137 Å². The minimum atomic E-state index is -1.26. The molecule has 2 aromatic rings. The lowest BCUT2D eigenvalue weighted by atomic mass is 10.2. The van der Waals surface area contributed by atoms with Crippen molar-refractivity contribution < 1.29 is 34.4 Å². The average molecular weight is 483 g/mol. The molecule has 176 valence electrons. The quantitative estimate of drug-likeness (QED) is 0.359. The number of amides is 1. The Balaban J connectivity index is 1.95. The van der Waals surface area contributed by atoms with Crippen LogP contribution in [0.2, 0.25) is 0 Å². The maximum Gasteiger partial charge on any atom is 0.344 e. The van der Waals surface area contributed by atoms with E-state index in [2.05, 4.69) is 11.6 Å². The third-order valence-electron chi connectivity index (χ3n) is 4.71. The number of rotatable bonds is 9. The zero-order chi connectivity index (χ0) is 24.8. The van der Waals surface area contributed by atoms with Crippen molar-refractivity contribution >= 4 is 46.5 Å². The summed E-state index contributed by atoms with van der Waals surface area (Å²) in [6.07, 6.45) is 2.45. The van der Waals surface area contributed by atoms with Gasteiger partial charge in [0.05, 0.1) is 16.2 Å². The number of benzene rings is 2. The first-order valence-electron chi connectivity index (χ1n) is 10.2. The summed E-state index contributed by atoms with van der Waals surface area (Å²) in [6.45, 7) is 5.52. The van der Waals surface area contributed by atoms with Crippen LogP contribution >= 0.6 is 11.8 Å². The summed E-state index contributed by atoms with van der Waals surface area (Å²) in [4.78, 5) is 41.9. The second-order valence-electron chi connectivity index (χ2n) is 7.14. The van der Waals surface area contributed by atoms with Crippen LogP contribution in [0, 0.1) is 0 Å². The Morgan fingerprint density at radius 3 is 2.65 bits per heavy atom. The molecular formula is C24H22N2O7S. The van der Waals surface area contributed by atoms with Gasteiger partial charge in [0.1, 0.15) is 11.5 Å². The largest absolute Gasteiger partial charge is 0.508 e. The van der Waals surface area contributed by atoms with Gasteiger partial charge < -0.3 is 20.1 Å². The maximum atomic E-state index is 13.0. The molecule has 1 fully saturated rings. The molecule has 34 heavy (non-hydrogen) atoms. The first-order valence-corrected chi connectivity index (χ1v) is 11.0. The molecule has 0 saturated carbocycles. The van der Waals surface area contributed by atoms with Crippen LogP contribution in [-0.4, -0.2) is 55.9 Å². The van der Waals surface area contributed by atoms with E-state index in [1.54, 1.807) is 37.3 Å². The molecule has 1 unspecified atom stereocenters. The molecule has 0 spiro atoms. The van der Waals surface area contributed by atoms with Crippen molar-refractivity contribution in [3.05, 3.63) is 71.2 Å². The van der Waals surface area contributed by atoms with Crippen LogP contribution < -0.4 is 4.74 Å². The molecule has 0 aliphatic carbocycles. The number of phenols is 1. The first kappa shape index (κ1) is 24.6. The zero-order valence-electron chi connectivity index (χ0n) is 18.2. The fourth-order valence-corrected chi connectivity index (χ4v) is 4.08. The number of aliphatic imine (C=N–C) groups is 1. The summed E-state index contributed by atoms with van der Waals surface area (Å²) in [5.41, 5.74) is 0.500. The smallest absolute Gasteiger partial charge is 0.344 e. The Hall–Kier alpha value is -4.05. The van der Waals surface area contributed by atoms with Crippen molar-refractivity contribution in [3.8, 4) is 11.5 Å². The fraction of sp³-hybridized carbons (Fsp3) is 0.167. The van der Waals surface area contributed by atoms with Crippen LogP contribution in [0.15, 0.2) is 65.0 Å². The van der Waals surface area contributed by atoms with Crippen LogP contribution in [0.3, 0.4) is 0 Å². The molecule has 1 saturated heterocycles. The van der Waals surface area contributed by atoms with Gasteiger partial charge in [-0.1, -0.05) is 25.1 Å². The van der Waals surface area contributed by atoms with Crippen molar-refractivity contribution in [1.82, 2.24) is 4.90 Å². The number of carbonyl (C=O) groups excluding carboxylic acids is 1. The van der Waals surface area contributed by atoms with Gasteiger partial charge in [-0.3, -0.25) is 9.69 Å². The minimum Gasteiger partial charge on any atom is -0.508 e. The molecule has 3 rings (SSSR count). The van der Waals surface area contributed by atoms with E-state index in [-0.39, 0.29) is 34.6 Å². The Labute approximate surface area is 199 Å². The molecule has 9 nitrogen and oxygen atoms in total. The van der Waals surface area contributed by atoms with E-state index in [1.165, 1.54) is 23.1 Å². The number of nitrogens with zero attached hydrogens (tertiary/aromatic N) is 2. The average Bonchev–Trinajstić information content (AvgIpc) is 3.07. The number of carboxylic acids is 2. The van der Waals surface area contributed by atoms with Gasteiger partial charge >= 0.3 is 11.9 Å². The highest BCUT2D eigenvalue weighted by Crippen LogP contribution is 2.35. The number of carboxylic acid groups (broad SMARTS) is 2. The van der Waals surface area contributed by atoms with Gasteiger partial charge in [-0.05, 0) is 60.2 Å². The highest BCUT2D eigenvalue weighted by atomic mass is 32.2. The molecule has 0 bridgehead atoms. The van der Waals surface area contributed by atoms with Gasteiger partial charge in [0.15, 0.2) is 11.3 Å². The molecule has 0 aromatic heterocycles. The molecule has 1 atom stereocenters. The minimum absolute atomic E-state index is 0.0885. The van der Waals surface area contributed by atoms with Gasteiger partial charge in [0.25, 0.3) is 5.91 Å². The van der Waals surface area contributed by atoms with Gasteiger partial charge in [-0.25, -0.2) is 14.6 Å². The standard InChI is InChI=1S/C24H22N2O7S/c1-3-10-26-21(28)20(12-14-6-5-7-16(11-14)33-19(4-2)23(31)32)34-24(26)25-18-9-8-15(27)13-17(18)22(29)30/h3,5-9,11-13,19,27H,1,4,10H2,2H3,(H,29,30)(H,31,32)/b20-12-,25-24?. The number of carbonyl (C=O) groups is 3. The van der Waals surface area contributed by atoms with E-state index >= 15 is 0 Å². The Bertz CT molecular complexity index is 1210. The molecular weight excluding hydrogens is 460 g/mol. The van der Waals surface area contributed by atoms with E-state index in [0.717, 1.165) is 17.8 Å². The van der Waals surface area contributed by atoms with Crippen LogP contribution in [0.1, 0.15) is 29.3 Å². The number of aromatic carboxylic acids is 1. The highest BCUT2D eigenvalue weighted by Gasteiger charge is 2.33. The summed E-state index contributed by atoms with van der Waals surface area (Å²) in [6, 6.07) is 10.4. The van der Waals surface area contributed by atoms with Gasteiger partial charge in [0, 0.05) is 6.54 Å². The van der Waals surface area contributed by atoms with Crippen molar-refractivity contribution in [3.63, 3.8) is 0 Å². The molecule has 1 aliphatic heterocycles. The second kappa shape index (κ2) is 10.7. The predicted octanol–water partition coefficient (Wildman–Crippen LogP) is 4.12. The summed E-state index contributed by atoms with van der Waals surface area (Å²) in [5.74, 6) is -2.54. The van der Waals surface area contributed by atoms with Crippen molar-refractivity contribution in [2.24, 2.45) is 4.99 Å². The number of ether oxygens (including phenoxy) is 1. The van der Waals surface area contributed by atoms with Gasteiger partial charge in [-0.15, -0.1) is 6.58 Å². The summed E-state index contributed by atoms with van der Waals surface area (Å²) in [7, 11) is 0. The van der Waals surface area contributed by atoms with E-state index in [1.807, 2.05) is 0 Å². The number of amidine groups is 1.